The van der Waals surface area contributed by atoms with Crippen molar-refractivity contribution in [2.75, 3.05) is 11.1 Å². The smallest absolute Gasteiger partial charge is 0.313 e. The van der Waals surface area contributed by atoms with Crippen molar-refractivity contribution < 1.29 is 14.7 Å². The van der Waals surface area contributed by atoms with Gasteiger partial charge >= 0.3 is 5.97 Å². The number of hydrogen-bond donors (Lipinski definition) is 2. The van der Waals surface area contributed by atoms with Crippen LogP contribution in [0.3, 0.4) is 0 Å². The number of carboxylic acid groups (broad SMARTS) is 1. The number of carbonyl (C=O) groups excluding carboxylic acids is 1. The molecule has 136 valence electrons. The SMILES string of the molecule is O=C(O)CSCc1ccc(NC(=O)c2ccc(-c3ccccc3)cc2)cc1. The van der Waals surface area contributed by atoms with Crippen LogP contribution in [0.5, 0.6) is 0 Å². The van der Waals surface area contributed by atoms with E-state index in [2.05, 4.69) is 5.32 Å². The van der Waals surface area contributed by atoms with Crippen LogP contribution in [0.1, 0.15) is 15.9 Å². The summed E-state index contributed by atoms with van der Waals surface area (Å²) in [6, 6.07) is 25.0. The predicted octanol–water partition coefficient (Wildman–Crippen LogP) is 4.92. The van der Waals surface area contributed by atoms with Crippen LogP contribution in [0.25, 0.3) is 11.1 Å². The van der Waals surface area contributed by atoms with E-state index in [1.54, 1.807) is 0 Å². The highest BCUT2D eigenvalue weighted by Crippen LogP contribution is 2.20. The molecule has 0 saturated carbocycles. The number of aliphatic carboxylic acids is 1. The van der Waals surface area contributed by atoms with Gasteiger partial charge in [-0.1, -0.05) is 54.6 Å². The third-order valence-electron chi connectivity index (χ3n) is 3.96. The molecule has 3 aromatic carbocycles. The number of hydrogen-bond acceptors (Lipinski definition) is 3. The second-order valence-electron chi connectivity index (χ2n) is 5.98. The number of carboxylic acids is 1. The van der Waals surface area contributed by atoms with E-state index >= 15 is 0 Å². The highest BCUT2D eigenvalue weighted by molar-refractivity contribution is 7.99. The Labute approximate surface area is 162 Å². The van der Waals surface area contributed by atoms with Crippen molar-refractivity contribution in [1.29, 1.82) is 0 Å². The van der Waals surface area contributed by atoms with Gasteiger partial charge in [0.25, 0.3) is 5.91 Å². The monoisotopic (exact) mass is 377 g/mol. The number of nitrogens with one attached hydrogen (secondary N) is 1. The highest BCUT2D eigenvalue weighted by atomic mass is 32.2. The van der Waals surface area contributed by atoms with Crippen LogP contribution < -0.4 is 5.32 Å². The topological polar surface area (TPSA) is 66.4 Å². The Kier molecular flexibility index (Phi) is 6.28. The Morgan fingerprint density at radius 2 is 1.44 bits per heavy atom. The second kappa shape index (κ2) is 9.05. The van der Waals surface area contributed by atoms with E-state index < -0.39 is 5.97 Å². The number of amides is 1. The molecule has 0 aromatic heterocycles. The summed E-state index contributed by atoms with van der Waals surface area (Å²) in [5, 5.41) is 11.5. The van der Waals surface area contributed by atoms with Gasteiger partial charge in [-0.25, -0.2) is 0 Å². The van der Waals surface area contributed by atoms with Crippen molar-refractivity contribution in [1.82, 2.24) is 0 Å². The Balaban J connectivity index is 1.59. The molecule has 0 fully saturated rings. The van der Waals surface area contributed by atoms with Gasteiger partial charge < -0.3 is 10.4 Å². The van der Waals surface area contributed by atoms with Crippen LogP contribution in [0.2, 0.25) is 0 Å². The van der Waals surface area contributed by atoms with Gasteiger partial charge in [-0.15, -0.1) is 11.8 Å². The average molecular weight is 377 g/mol. The maximum absolute atomic E-state index is 12.4. The molecule has 4 nitrogen and oxygen atoms in total. The van der Waals surface area contributed by atoms with Gasteiger partial charge in [0, 0.05) is 17.0 Å². The predicted molar refractivity (Wildman–Crippen MR) is 110 cm³/mol. The van der Waals surface area contributed by atoms with E-state index in [1.807, 2.05) is 78.9 Å². The lowest BCUT2D eigenvalue weighted by Gasteiger charge is -2.08. The third-order valence-corrected chi connectivity index (χ3v) is 4.95. The minimum atomic E-state index is -0.817. The second-order valence-corrected chi connectivity index (χ2v) is 6.97. The standard InChI is InChI=1S/C22H19NO3S/c24-21(25)15-27-14-16-6-12-20(13-7-16)23-22(26)19-10-8-18(9-11-19)17-4-2-1-3-5-17/h1-13H,14-15H2,(H,23,26)(H,24,25). The summed E-state index contributed by atoms with van der Waals surface area (Å²) in [6.45, 7) is 0. The molecular formula is C22H19NO3S. The molecule has 0 saturated heterocycles. The first-order chi connectivity index (χ1) is 13.1. The molecule has 0 aliphatic rings. The molecule has 0 atom stereocenters. The summed E-state index contributed by atoms with van der Waals surface area (Å²) < 4.78 is 0. The van der Waals surface area contributed by atoms with Gasteiger partial charge in [0.15, 0.2) is 0 Å². The number of benzene rings is 3. The van der Waals surface area contributed by atoms with Gasteiger partial charge in [-0.2, -0.15) is 0 Å². The third kappa shape index (κ3) is 5.46. The van der Waals surface area contributed by atoms with Crippen molar-refractivity contribution in [2.45, 2.75) is 5.75 Å². The zero-order chi connectivity index (χ0) is 19.1. The highest BCUT2D eigenvalue weighted by Gasteiger charge is 2.07. The van der Waals surface area contributed by atoms with Crippen LogP contribution in [-0.4, -0.2) is 22.7 Å². The Morgan fingerprint density at radius 1 is 0.815 bits per heavy atom. The van der Waals surface area contributed by atoms with Crippen LogP contribution in [0, 0.1) is 0 Å². The van der Waals surface area contributed by atoms with Crippen molar-refractivity contribution in [3.63, 3.8) is 0 Å². The molecule has 3 rings (SSSR count). The average Bonchev–Trinajstić information content (AvgIpc) is 2.70. The number of thioether (sulfide) groups is 1. The zero-order valence-electron chi connectivity index (χ0n) is 14.6. The van der Waals surface area contributed by atoms with Crippen LogP contribution in [0.4, 0.5) is 5.69 Å². The zero-order valence-corrected chi connectivity index (χ0v) is 15.4. The van der Waals surface area contributed by atoms with E-state index in [0.717, 1.165) is 16.7 Å². The number of anilines is 1. The first kappa shape index (κ1) is 18.7. The van der Waals surface area contributed by atoms with Crippen LogP contribution in [0.15, 0.2) is 78.9 Å². The molecule has 0 heterocycles. The fourth-order valence-corrected chi connectivity index (χ4v) is 3.29. The molecule has 0 aliphatic heterocycles. The Morgan fingerprint density at radius 3 is 2.07 bits per heavy atom. The van der Waals surface area contributed by atoms with Crippen molar-refractivity contribution >= 4 is 29.3 Å². The molecule has 1 amide bonds. The summed E-state index contributed by atoms with van der Waals surface area (Å²) in [7, 11) is 0. The summed E-state index contributed by atoms with van der Waals surface area (Å²) in [4.78, 5) is 22.9. The van der Waals surface area contributed by atoms with E-state index in [-0.39, 0.29) is 11.7 Å². The fourth-order valence-electron chi connectivity index (χ4n) is 2.59. The quantitative estimate of drug-likeness (QED) is 0.613. The van der Waals surface area contributed by atoms with Gasteiger partial charge in [-0.05, 0) is 41.0 Å². The first-order valence-corrected chi connectivity index (χ1v) is 9.62. The van der Waals surface area contributed by atoms with Gasteiger partial charge in [-0.3, -0.25) is 9.59 Å². The molecule has 0 unspecified atom stereocenters. The van der Waals surface area contributed by atoms with E-state index in [4.69, 9.17) is 5.11 Å². The molecule has 0 spiro atoms. The molecule has 3 aromatic rings. The minimum Gasteiger partial charge on any atom is -0.481 e. The summed E-state index contributed by atoms with van der Waals surface area (Å²) in [5.74, 6) is -0.274. The van der Waals surface area contributed by atoms with Crippen LogP contribution in [-0.2, 0) is 10.5 Å². The normalized spacial score (nSPS) is 10.4. The maximum atomic E-state index is 12.4. The molecule has 2 N–H and O–H groups in total. The van der Waals surface area contributed by atoms with Crippen molar-refractivity contribution in [2.24, 2.45) is 0 Å². The van der Waals surface area contributed by atoms with E-state index in [1.165, 1.54) is 11.8 Å². The minimum absolute atomic E-state index is 0.0808. The summed E-state index contributed by atoms with van der Waals surface area (Å²) in [5.41, 5.74) is 4.50. The van der Waals surface area contributed by atoms with Gasteiger partial charge in [0.2, 0.25) is 0 Å². The largest absolute Gasteiger partial charge is 0.481 e. The Hall–Kier alpha value is -3.05. The lowest BCUT2D eigenvalue weighted by molar-refractivity contribution is -0.133. The van der Waals surface area contributed by atoms with Crippen LogP contribution >= 0.6 is 11.8 Å². The summed E-state index contributed by atoms with van der Waals surface area (Å²) in [6.07, 6.45) is 0. The van der Waals surface area contributed by atoms with Crippen molar-refractivity contribution in [3.05, 3.63) is 90.0 Å². The lowest BCUT2D eigenvalue weighted by Crippen LogP contribution is -2.11. The number of rotatable bonds is 7. The Bertz CT molecular complexity index is 907. The first-order valence-electron chi connectivity index (χ1n) is 8.47. The molecule has 5 heteroatoms. The molecule has 0 bridgehead atoms. The molecule has 0 radical (unpaired) electrons. The fraction of sp³-hybridized carbons (Fsp3) is 0.0909. The number of carbonyl (C=O) groups is 2. The van der Waals surface area contributed by atoms with Crippen molar-refractivity contribution in [3.8, 4) is 11.1 Å². The van der Waals surface area contributed by atoms with Gasteiger partial charge in [0.05, 0.1) is 5.75 Å². The maximum Gasteiger partial charge on any atom is 0.313 e. The summed E-state index contributed by atoms with van der Waals surface area (Å²) >= 11 is 1.34. The molecule has 0 aliphatic carbocycles. The van der Waals surface area contributed by atoms with E-state index in [0.29, 0.717) is 17.0 Å². The van der Waals surface area contributed by atoms with Gasteiger partial charge in [0.1, 0.15) is 0 Å². The molecular weight excluding hydrogens is 358 g/mol. The lowest BCUT2D eigenvalue weighted by atomic mass is 10.0. The van der Waals surface area contributed by atoms with E-state index in [9.17, 15) is 9.59 Å². The molecule has 27 heavy (non-hydrogen) atoms.